The summed E-state index contributed by atoms with van der Waals surface area (Å²) in [4.78, 5) is 16.2. The average Bonchev–Trinajstić information content (AvgIpc) is 2.41. The van der Waals surface area contributed by atoms with Crippen LogP contribution in [0.3, 0.4) is 0 Å². The van der Waals surface area contributed by atoms with Gasteiger partial charge in [-0.05, 0) is 42.8 Å². The molecule has 98 valence electrons. The second-order valence-electron chi connectivity index (χ2n) is 3.97. The van der Waals surface area contributed by atoms with Crippen LogP contribution in [0.5, 0.6) is 5.88 Å². The number of methoxy groups -OCH3 is 1. The third-order valence-electron chi connectivity index (χ3n) is 2.65. The summed E-state index contributed by atoms with van der Waals surface area (Å²) in [5.41, 5.74) is 2.15. The zero-order valence-corrected chi connectivity index (χ0v) is 12.2. The molecular formula is C14H13BrN2O2. The first-order valence-electron chi connectivity index (χ1n) is 5.68. The van der Waals surface area contributed by atoms with E-state index in [9.17, 15) is 4.79 Å². The van der Waals surface area contributed by atoms with Crippen molar-refractivity contribution in [1.29, 1.82) is 0 Å². The maximum absolute atomic E-state index is 12.2. The van der Waals surface area contributed by atoms with Crippen LogP contribution in [0.1, 0.15) is 15.9 Å². The normalized spacial score (nSPS) is 10.1. The van der Waals surface area contributed by atoms with Crippen LogP contribution in [-0.4, -0.2) is 18.0 Å². The van der Waals surface area contributed by atoms with Crippen LogP contribution in [0.4, 0.5) is 5.69 Å². The van der Waals surface area contributed by atoms with Crippen molar-refractivity contribution in [2.45, 2.75) is 6.92 Å². The molecule has 19 heavy (non-hydrogen) atoms. The minimum absolute atomic E-state index is 0.240. The molecule has 0 aliphatic rings. The van der Waals surface area contributed by atoms with Crippen molar-refractivity contribution in [3.63, 3.8) is 0 Å². The Balaban J connectivity index is 2.26. The summed E-state index contributed by atoms with van der Waals surface area (Å²) in [6.45, 7) is 1.93. The van der Waals surface area contributed by atoms with Gasteiger partial charge in [-0.3, -0.25) is 4.79 Å². The van der Waals surface area contributed by atoms with Crippen molar-refractivity contribution in [3.05, 3.63) is 52.1 Å². The van der Waals surface area contributed by atoms with Crippen LogP contribution in [0.25, 0.3) is 0 Å². The summed E-state index contributed by atoms with van der Waals surface area (Å²) in [6.07, 6.45) is 1.58. The summed E-state index contributed by atoms with van der Waals surface area (Å²) in [7, 11) is 1.49. The number of nitrogens with one attached hydrogen (secondary N) is 1. The van der Waals surface area contributed by atoms with Gasteiger partial charge in [0.2, 0.25) is 5.88 Å². The number of carbonyl (C=O) groups is 1. The summed E-state index contributed by atoms with van der Waals surface area (Å²) in [5, 5.41) is 2.85. The van der Waals surface area contributed by atoms with Crippen molar-refractivity contribution in [3.8, 4) is 5.88 Å². The first-order chi connectivity index (χ1) is 9.11. The number of carbonyl (C=O) groups excluding carboxylic acids is 1. The number of anilines is 1. The van der Waals surface area contributed by atoms with Gasteiger partial charge in [-0.1, -0.05) is 15.9 Å². The fourth-order valence-electron chi connectivity index (χ4n) is 1.68. The van der Waals surface area contributed by atoms with E-state index in [2.05, 4.69) is 26.2 Å². The largest absolute Gasteiger partial charge is 0.480 e. The second kappa shape index (κ2) is 5.84. The number of pyridine rings is 1. The van der Waals surface area contributed by atoms with E-state index in [0.29, 0.717) is 11.4 Å². The van der Waals surface area contributed by atoms with Gasteiger partial charge < -0.3 is 10.1 Å². The molecule has 0 saturated carbocycles. The summed E-state index contributed by atoms with van der Waals surface area (Å²) in [5.74, 6) is 0.0742. The van der Waals surface area contributed by atoms with E-state index in [4.69, 9.17) is 4.74 Å². The summed E-state index contributed by atoms with van der Waals surface area (Å²) < 4.78 is 6.05. The van der Waals surface area contributed by atoms with Gasteiger partial charge in [-0.25, -0.2) is 4.98 Å². The van der Waals surface area contributed by atoms with Crippen molar-refractivity contribution < 1.29 is 9.53 Å². The molecule has 1 aromatic carbocycles. The molecule has 1 amide bonds. The molecule has 1 heterocycles. The lowest BCUT2D eigenvalue weighted by molar-refractivity contribution is 0.102. The highest BCUT2D eigenvalue weighted by atomic mass is 79.9. The number of ether oxygens (including phenoxy) is 1. The number of aryl methyl sites for hydroxylation is 1. The first-order valence-corrected chi connectivity index (χ1v) is 6.47. The molecule has 1 N–H and O–H groups in total. The standard InChI is InChI=1S/C14H13BrN2O2/c1-9-8-10(15)5-6-12(9)17-13(18)11-4-3-7-16-14(11)19-2/h3-8H,1-2H3,(H,17,18). The van der Waals surface area contributed by atoms with Gasteiger partial charge >= 0.3 is 0 Å². The number of hydrogen-bond acceptors (Lipinski definition) is 3. The number of nitrogens with zero attached hydrogens (tertiary/aromatic N) is 1. The second-order valence-corrected chi connectivity index (χ2v) is 4.89. The molecule has 0 saturated heterocycles. The molecule has 2 rings (SSSR count). The molecule has 0 atom stereocenters. The van der Waals surface area contributed by atoms with Crippen LogP contribution in [0, 0.1) is 6.92 Å². The Morgan fingerprint density at radius 2 is 2.16 bits per heavy atom. The van der Waals surface area contributed by atoms with Crippen molar-refractivity contribution in [2.24, 2.45) is 0 Å². The van der Waals surface area contributed by atoms with E-state index in [-0.39, 0.29) is 5.91 Å². The molecule has 0 radical (unpaired) electrons. The van der Waals surface area contributed by atoms with Crippen molar-refractivity contribution >= 4 is 27.5 Å². The van der Waals surface area contributed by atoms with E-state index in [0.717, 1.165) is 15.7 Å². The van der Waals surface area contributed by atoms with Crippen LogP contribution < -0.4 is 10.1 Å². The maximum Gasteiger partial charge on any atom is 0.261 e. The highest BCUT2D eigenvalue weighted by Gasteiger charge is 2.13. The third-order valence-corrected chi connectivity index (χ3v) is 3.14. The van der Waals surface area contributed by atoms with Crippen LogP contribution in [-0.2, 0) is 0 Å². The quantitative estimate of drug-likeness (QED) is 0.942. The molecule has 1 aromatic heterocycles. The van der Waals surface area contributed by atoms with E-state index in [1.54, 1.807) is 18.3 Å². The maximum atomic E-state index is 12.2. The lowest BCUT2D eigenvalue weighted by Gasteiger charge is -2.10. The van der Waals surface area contributed by atoms with Crippen LogP contribution >= 0.6 is 15.9 Å². The predicted molar refractivity (Wildman–Crippen MR) is 77.6 cm³/mol. The van der Waals surface area contributed by atoms with Gasteiger partial charge in [0.05, 0.1) is 7.11 Å². The topological polar surface area (TPSA) is 51.2 Å². The monoisotopic (exact) mass is 320 g/mol. The van der Waals surface area contributed by atoms with Crippen LogP contribution in [0.2, 0.25) is 0 Å². The van der Waals surface area contributed by atoms with E-state index in [1.807, 2.05) is 25.1 Å². The number of benzene rings is 1. The molecular weight excluding hydrogens is 308 g/mol. The molecule has 0 spiro atoms. The molecule has 0 aliphatic carbocycles. The number of halogens is 1. The Labute approximate surface area is 119 Å². The Hall–Kier alpha value is -1.88. The minimum Gasteiger partial charge on any atom is -0.480 e. The van der Waals surface area contributed by atoms with Crippen molar-refractivity contribution in [2.75, 3.05) is 12.4 Å². The fraction of sp³-hybridized carbons (Fsp3) is 0.143. The van der Waals surface area contributed by atoms with E-state index in [1.165, 1.54) is 7.11 Å². The van der Waals surface area contributed by atoms with Gasteiger partial charge in [0.15, 0.2) is 0 Å². The molecule has 0 aliphatic heterocycles. The Morgan fingerprint density at radius 1 is 1.37 bits per heavy atom. The zero-order chi connectivity index (χ0) is 13.8. The Kier molecular flexibility index (Phi) is 4.16. The molecule has 4 nitrogen and oxygen atoms in total. The first kappa shape index (κ1) is 13.5. The molecule has 0 bridgehead atoms. The Bertz CT molecular complexity index is 614. The lowest BCUT2D eigenvalue weighted by Crippen LogP contribution is -2.14. The summed E-state index contributed by atoms with van der Waals surface area (Å²) in [6, 6.07) is 9.04. The van der Waals surface area contributed by atoms with E-state index < -0.39 is 0 Å². The van der Waals surface area contributed by atoms with Gasteiger partial charge in [0, 0.05) is 16.4 Å². The number of rotatable bonds is 3. The number of hydrogen-bond donors (Lipinski definition) is 1. The third kappa shape index (κ3) is 3.12. The van der Waals surface area contributed by atoms with Crippen molar-refractivity contribution in [1.82, 2.24) is 4.98 Å². The fourth-order valence-corrected chi connectivity index (χ4v) is 2.16. The van der Waals surface area contributed by atoms with Gasteiger partial charge in [0.1, 0.15) is 5.56 Å². The minimum atomic E-state index is -0.240. The Morgan fingerprint density at radius 3 is 2.84 bits per heavy atom. The smallest absolute Gasteiger partial charge is 0.261 e. The molecule has 2 aromatic rings. The zero-order valence-electron chi connectivity index (χ0n) is 10.6. The van der Waals surface area contributed by atoms with E-state index >= 15 is 0 Å². The molecule has 0 unspecified atom stereocenters. The van der Waals surface area contributed by atoms with Gasteiger partial charge in [-0.15, -0.1) is 0 Å². The molecule has 0 fully saturated rings. The van der Waals surface area contributed by atoms with Gasteiger partial charge in [0.25, 0.3) is 5.91 Å². The average molecular weight is 321 g/mol. The lowest BCUT2D eigenvalue weighted by atomic mass is 10.2. The number of aromatic nitrogens is 1. The van der Waals surface area contributed by atoms with Crippen LogP contribution in [0.15, 0.2) is 41.0 Å². The predicted octanol–water partition coefficient (Wildman–Crippen LogP) is 3.41. The number of amides is 1. The van der Waals surface area contributed by atoms with Gasteiger partial charge in [-0.2, -0.15) is 0 Å². The molecule has 5 heteroatoms. The highest BCUT2D eigenvalue weighted by molar-refractivity contribution is 9.10. The summed E-state index contributed by atoms with van der Waals surface area (Å²) >= 11 is 3.39. The highest BCUT2D eigenvalue weighted by Crippen LogP contribution is 2.22. The SMILES string of the molecule is COc1ncccc1C(=O)Nc1ccc(Br)cc1C.